The van der Waals surface area contributed by atoms with E-state index in [1.807, 2.05) is 14.0 Å². The molecule has 0 bridgehead atoms. The Bertz CT molecular complexity index is 519. The maximum atomic E-state index is 5.43. The molecule has 25 heavy (non-hydrogen) atoms. The molecule has 1 aliphatic rings. The fourth-order valence-corrected chi connectivity index (χ4v) is 3.11. The van der Waals surface area contributed by atoms with E-state index in [0.29, 0.717) is 18.7 Å². The number of hydrogen-bond acceptors (Lipinski definition) is 3. The molecule has 0 radical (unpaired) electrons. The van der Waals surface area contributed by atoms with Gasteiger partial charge < -0.3 is 20.3 Å². The van der Waals surface area contributed by atoms with Crippen LogP contribution in [0, 0.1) is 0 Å². The summed E-state index contributed by atoms with van der Waals surface area (Å²) in [7, 11) is 1.84. The summed E-state index contributed by atoms with van der Waals surface area (Å²) in [5, 5.41) is 6.99. The van der Waals surface area contributed by atoms with E-state index in [1.165, 1.54) is 24.0 Å². The van der Waals surface area contributed by atoms with E-state index in [4.69, 9.17) is 4.74 Å². The molecular weight excluding hydrogens is 312 g/mol. The standard InChI is InChI=1S/C20H34N4O/c1-5-25-15-18-8-6-17(7-9-18)14-22-20(21-4)23-19-10-12-24(13-11-19)16(2)3/h6-9,16,19H,5,10-15H2,1-4H3,(H2,21,22,23). The van der Waals surface area contributed by atoms with Gasteiger partial charge in [0.2, 0.25) is 0 Å². The van der Waals surface area contributed by atoms with Crippen LogP contribution in [-0.2, 0) is 17.9 Å². The Balaban J connectivity index is 1.75. The maximum Gasteiger partial charge on any atom is 0.191 e. The van der Waals surface area contributed by atoms with Gasteiger partial charge in [0, 0.05) is 45.4 Å². The Morgan fingerprint density at radius 3 is 2.40 bits per heavy atom. The smallest absolute Gasteiger partial charge is 0.191 e. The number of likely N-dealkylation sites (tertiary alicyclic amines) is 1. The molecule has 0 atom stereocenters. The van der Waals surface area contributed by atoms with Crippen LogP contribution in [0.5, 0.6) is 0 Å². The summed E-state index contributed by atoms with van der Waals surface area (Å²) in [6, 6.07) is 9.71. The van der Waals surface area contributed by atoms with E-state index in [2.05, 4.69) is 58.6 Å². The van der Waals surface area contributed by atoms with Crippen molar-refractivity contribution < 1.29 is 4.74 Å². The van der Waals surface area contributed by atoms with Gasteiger partial charge in [-0.1, -0.05) is 24.3 Å². The molecule has 2 rings (SSSR count). The number of piperidine rings is 1. The van der Waals surface area contributed by atoms with E-state index >= 15 is 0 Å². The first-order valence-electron chi connectivity index (χ1n) is 9.49. The summed E-state index contributed by atoms with van der Waals surface area (Å²) in [6.07, 6.45) is 2.34. The van der Waals surface area contributed by atoms with Crippen molar-refractivity contribution in [2.75, 3.05) is 26.7 Å². The third kappa shape index (κ3) is 6.67. The first-order chi connectivity index (χ1) is 12.1. The number of benzene rings is 1. The predicted octanol–water partition coefficient (Wildman–Crippen LogP) is 2.76. The van der Waals surface area contributed by atoms with Crippen LogP contribution >= 0.6 is 0 Å². The van der Waals surface area contributed by atoms with E-state index in [9.17, 15) is 0 Å². The monoisotopic (exact) mass is 346 g/mol. The van der Waals surface area contributed by atoms with Crippen LogP contribution in [0.15, 0.2) is 29.3 Å². The van der Waals surface area contributed by atoms with Gasteiger partial charge in [0.1, 0.15) is 0 Å². The van der Waals surface area contributed by atoms with Crippen LogP contribution in [0.2, 0.25) is 0 Å². The summed E-state index contributed by atoms with van der Waals surface area (Å²) < 4.78 is 5.43. The number of hydrogen-bond donors (Lipinski definition) is 2. The normalized spacial score (nSPS) is 17.1. The third-order valence-electron chi connectivity index (χ3n) is 4.78. The lowest BCUT2D eigenvalue weighted by Crippen LogP contribution is -2.49. The zero-order valence-electron chi connectivity index (χ0n) is 16.2. The zero-order valence-corrected chi connectivity index (χ0v) is 16.2. The summed E-state index contributed by atoms with van der Waals surface area (Å²) in [5.41, 5.74) is 2.46. The van der Waals surface area contributed by atoms with E-state index in [1.54, 1.807) is 0 Å². The van der Waals surface area contributed by atoms with Gasteiger partial charge in [-0.05, 0) is 44.7 Å². The molecule has 1 fully saturated rings. The predicted molar refractivity (Wildman–Crippen MR) is 105 cm³/mol. The minimum atomic E-state index is 0.509. The Kier molecular flexibility index (Phi) is 8.22. The van der Waals surface area contributed by atoms with Gasteiger partial charge in [-0.3, -0.25) is 4.99 Å². The average molecular weight is 347 g/mol. The first-order valence-corrected chi connectivity index (χ1v) is 9.49. The Morgan fingerprint density at radius 1 is 1.20 bits per heavy atom. The molecule has 1 heterocycles. The number of aliphatic imine (C=N–C) groups is 1. The lowest BCUT2D eigenvalue weighted by Gasteiger charge is -2.35. The SMILES string of the molecule is CCOCc1ccc(CNC(=NC)NC2CCN(C(C)C)CC2)cc1. The van der Waals surface area contributed by atoms with Crippen LogP contribution in [0.4, 0.5) is 0 Å². The highest BCUT2D eigenvalue weighted by Gasteiger charge is 2.21. The minimum Gasteiger partial charge on any atom is -0.377 e. The zero-order chi connectivity index (χ0) is 18.1. The highest BCUT2D eigenvalue weighted by atomic mass is 16.5. The summed E-state index contributed by atoms with van der Waals surface area (Å²) >= 11 is 0. The van der Waals surface area contributed by atoms with Crippen LogP contribution in [0.25, 0.3) is 0 Å². The van der Waals surface area contributed by atoms with Gasteiger partial charge >= 0.3 is 0 Å². The first kappa shape index (κ1) is 19.7. The van der Waals surface area contributed by atoms with Gasteiger partial charge in [-0.25, -0.2) is 0 Å². The van der Waals surface area contributed by atoms with Crippen molar-refractivity contribution in [1.82, 2.24) is 15.5 Å². The highest BCUT2D eigenvalue weighted by molar-refractivity contribution is 5.79. The van der Waals surface area contributed by atoms with E-state index in [-0.39, 0.29) is 0 Å². The second-order valence-electron chi connectivity index (χ2n) is 6.93. The lowest BCUT2D eigenvalue weighted by molar-refractivity contribution is 0.134. The number of nitrogens with one attached hydrogen (secondary N) is 2. The summed E-state index contributed by atoms with van der Waals surface area (Å²) in [5.74, 6) is 0.890. The van der Waals surface area contributed by atoms with Gasteiger partial charge in [0.15, 0.2) is 5.96 Å². The fourth-order valence-electron chi connectivity index (χ4n) is 3.11. The number of rotatable bonds is 7. The van der Waals surface area contributed by atoms with Crippen LogP contribution < -0.4 is 10.6 Å². The van der Waals surface area contributed by atoms with Crippen molar-refractivity contribution in [2.45, 2.75) is 58.8 Å². The number of ether oxygens (including phenoxy) is 1. The molecule has 1 aromatic carbocycles. The molecule has 0 unspecified atom stereocenters. The fraction of sp³-hybridized carbons (Fsp3) is 0.650. The molecular formula is C20H34N4O. The quantitative estimate of drug-likeness (QED) is 0.589. The molecule has 1 saturated heterocycles. The van der Waals surface area contributed by atoms with Crippen molar-refractivity contribution in [3.8, 4) is 0 Å². The largest absolute Gasteiger partial charge is 0.377 e. The van der Waals surface area contributed by atoms with Crippen molar-refractivity contribution in [3.05, 3.63) is 35.4 Å². The van der Waals surface area contributed by atoms with Crippen molar-refractivity contribution >= 4 is 5.96 Å². The maximum absolute atomic E-state index is 5.43. The van der Waals surface area contributed by atoms with Crippen LogP contribution in [-0.4, -0.2) is 49.7 Å². The second-order valence-corrected chi connectivity index (χ2v) is 6.93. The van der Waals surface area contributed by atoms with Gasteiger partial charge in [-0.15, -0.1) is 0 Å². The van der Waals surface area contributed by atoms with E-state index < -0.39 is 0 Å². The third-order valence-corrected chi connectivity index (χ3v) is 4.78. The molecule has 0 spiro atoms. The van der Waals surface area contributed by atoms with Crippen molar-refractivity contribution in [2.24, 2.45) is 4.99 Å². The lowest BCUT2D eigenvalue weighted by atomic mass is 10.0. The molecule has 5 heteroatoms. The van der Waals surface area contributed by atoms with E-state index in [0.717, 1.165) is 32.2 Å². The van der Waals surface area contributed by atoms with Crippen LogP contribution in [0.3, 0.4) is 0 Å². The minimum absolute atomic E-state index is 0.509. The summed E-state index contributed by atoms with van der Waals surface area (Å²) in [6.45, 7) is 11.1. The Hall–Kier alpha value is -1.59. The molecule has 0 aliphatic carbocycles. The Labute approximate surface area is 152 Å². The van der Waals surface area contributed by atoms with Crippen LogP contribution in [0.1, 0.15) is 44.7 Å². The number of guanidine groups is 1. The molecule has 1 aliphatic heterocycles. The number of nitrogens with zero attached hydrogens (tertiary/aromatic N) is 2. The molecule has 5 nitrogen and oxygen atoms in total. The van der Waals surface area contributed by atoms with Crippen molar-refractivity contribution in [3.63, 3.8) is 0 Å². The molecule has 0 saturated carbocycles. The molecule has 1 aromatic rings. The van der Waals surface area contributed by atoms with Crippen molar-refractivity contribution in [1.29, 1.82) is 0 Å². The van der Waals surface area contributed by atoms with Gasteiger partial charge in [0.05, 0.1) is 6.61 Å². The molecule has 2 N–H and O–H groups in total. The average Bonchev–Trinajstić information content (AvgIpc) is 2.64. The molecule has 0 aromatic heterocycles. The molecule has 140 valence electrons. The summed E-state index contributed by atoms with van der Waals surface area (Å²) in [4.78, 5) is 6.91. The highest BCUT2D eigenvalue weighted by Crippen LogP contribution is 2.13. The second kappa shape index (κ2) is 10.4. The topological polar surface area (TPSA) is 48.9 Å². The van der Waals surface area contributed by atoms with Gasteiger partial charge in [-0.2, -0.15) is 0 Å². The molecule has 0 amide bonds. The van der Waals surface area contributed by atoms with Gasteiger partial charge in [0.25, 0.3) is 0 Å². The Morgan fingerprint density at radius 2 is 1.84 bits per heavy atom.